The third-order valence-corrected chi connectivity index (χ3v) is 3.32. The maximum atomic E-state index is 12.2. The van der Waals surface area contributed by atoms with E-state index in [1.165, 1.54) is 0 Å². The van der Waals surface area contributed by atoms with E-state index < -0.39 is 0 Å². The number of rotatable bonds is 8. The molecule has 0 spiro atoms. The highest BCUT2D eigenvalue weighted by atomic mass is 16.2. The van der Waals surface area contributed by atoms with Crippen molar-refractivity contribution < 1.29 is 9.59 Å². The number of hydrogen-bond acceptors (Lipinski definition) is 3. The van der Waals surface area contributed by atoms with E-state index in [2.05, 4.69) is 10.6 Å². The van der Waals surface area contributed by atoms with Gasteiger partial charge >= 0.3 is 0 Å². The van der Waals surface area contributed by atoms with Crippen LogP contribution in [0.4, 0.5) is 0 Å². The van der Waals surface area contributed by atoms with Crippen LogP contribution in [0.5, 0.6) is 0 Å². The van der Waals surface area contributed by atoms with Crippen molar-refractivity contribution in [1.82, 2.24) is 15.5 Å². The molecule has 2 amide bonds. The van der Waals surface area contributed by atoms with Gasteiger partial charge in [0.05, 0.1) is 6.54 Å². The van der Waals surface area contributed by atoms with Gasteiger partial charge in [-0.2, -0.15) is 0 Å². The average molecular weight is 291 g/mol. The van der Waals surface area contributed by atoms with Crippen LogP contribution in [-0.4, -0.2) is 43.4 Å². The molecule has 1 aromatic carbocycles. The first-order chi connectivity index (χ1) is 10.1. The van der Waals surface area contributed by atoms with Crippen molar-refractivity contribution in [3.8, 4) is 0 Å². The zero-order chi connectivity index (χ0) is 15.7. The second-order valence-electron chi connectivity index (χ2n) is 5.07. The standard InChI is InChI=1S/C16H25N3O2/c1-4-19(12-14-8-6-5-7-9-14)15(20)11-18-16(21)13(2)10-17-3/h5-9,13,17H,4,10-12H2,1-3H3,(H,18,21). The molecule has 2 N–H and O–H groups in total. The van der Waals surface area contributed by atoms with Gasteiger partial charge in [-0.1, -0.05) is 37.3 Å². The normalized spacial score (nSPS) is 11.8. The molecule has 1 aromatic rings. The third-order valence-electron chi connectivity index (χ3n) is 3.32. The van der Waals surface area contributed by atoms with Crippen LogP contribution in [0.2, 0.25) is 0 Å². The van der Waals surface area contributed by atoms with Gasteiger partial charge < -0.3 is 15.5 Å². The van der Waals surface area contributed by atoms with Crippen LogP contribution in [-0.2, 0) is 16.1 Å². The second-order valence-corrected chi connectivity index (χ2v) is 5.07. The molecule has 0 aromatic heterocycles. The number of hydrogen-bond donors (Lipinski definition) is 2. The number of benzene rings is 1. The molecule has 0 radical (unpaired) electrons. The fourth-order valence-corrected chi connectivity index (χ4v) is 2.03. The van der Waals surface area contributed by atoms with Gasteiger partial charge in [0.2, 0.25) is 11.8 Å². The molecule has 0 aliphatic carbocycles. The van der Waals surface area contributed by atoms with Crippen molar-refractivity contribution in [3.63, 3.8) is 0 Å². The lowest BCUT2D eigenvalue weighted by atomic mass is 10.1. The number of nitrogens with zero attached hydrogens (tertiary/aromatic N) is 1. The lowest BCUT2D eigenvalue weighted by Gasteiger charge is -2.21. The summed E-state index contributed by atoms with van der Waals surface area (Å²) in [5.41, 5.74) is 1.09. The van der Waals surface area contributed by atoms with E-state index in [4.69, 9.17) is 0 Å². The third kappa shape index (κ3) is 5.95. The monoisotopic (exact) mass is 291 g/mol. The maximum absolute atomic E-state index is 12.2. The molecule has 116 valence electrons. The summed E-state index contributed by atoms with van der Waals surface area (Å²) in [6, 6.07) is 9.84. The maximum Gasteiger partial charge on any atom is 0.242 e. The Labute approximate surface area is 126 Å². The topological polar surface area (TPSA) is 61.4 Å². The summed E-state index contributed by atoms with van der Waals surface area (Å²) >= 11 is 0. The Morgan fingerprint density at radius 2 is 1.90 bits per heavy atom. The molecule has 21 heavy (non-hydrogen) atoms. The minimum Gasteiger partial charge on any atom is -0.347 e. The van der Waals surface area contributed by atoms with E-state index in [9.17, 15) is 9.59 Å². The van der Waals surface area contributed by atoms with Crippen LogP contribution in [0, 0.1) is 5.92 Å². The summed E-state index contributed by atoms with van der Waals surface area (Å²) in [5, 5.41) is 5.64. The first-order valence-corrected chi connectivity index (χ1v) is 7.32. The Morgan fingerprint density at radius 1 is 1.24 bits per heavy atom. The summed E-state index contributed by atoms with van der Waals surface area (Å²) in [6.07, 6.45) is 0. The lowest BCUT2D eigenvalue weighted by molar-refractivity contribution is -0.134. The number of nitrogens with one attached hydrogen (secondary N) is 2. The molecule has 0 saturated heterocycles. The lowest BCUT2D eigenvalue weighted by Crippen LogP contribution is -2.42. The van der Waals surface area contributed by atoms with Crippen LogP contribution in [0.1, 0.15) is 19.4 Å². The number of carbonyl (C=O) groups is 2. The van der Waals surface area contributed by atoms with Crippen molar-refractivity contribution in [1.29, 1.82) is 0 Å². The molecule has 5 nitrogen and oxygen atoms in total. The van der Waals surface area contributed by atoms with Gasteiger partial charge in [0.15, 0.2) is 0 Å². The predicted octanol–water partition coefficient (Wildman–Crippen LogP) is 1.01. The SMILES string of the molecule is CCN(Cc1ccccc1)C(=O)CNC(=O)C(C)CNC. The number of carbonyl (C=O) groups excluding carboxylic acids is 2. The van der Waals surface area contributed by atoms with Crippen molar-refractivity contribution in [2.24, 2.45) is 5.92 Å². The Morgan fingerprint density at radius 3 is 2.48 bits per heavy atom. The van der Waals surface area contributed by atoms with Gasteiger partial charge in [-0.3, -0.25) is 9.59 Å². The second kappa shape index (κ2) is 9.13. The predicted molar refractivity (Wildman–Crippen MR) is 83.6 cm³/mol. The fraction of sp³-hybridized carbons (Fsp3) is 0.500. The molecule has 0 aliphatic rings. The van der Waals surface area contributed by atoms with Crippen molar-refractivity contribution in [2.45, 2.75) is 20.4 Å². The van der Waals surface area contributed by atoms with Crippen LogP contribution >= 0.6 is 0 Å². The van der Waals surface area contributed by atoms with E-state index in [0.717, 1.165) is 5.56 Å². The average Bonchev–Trinajstić information content (AvgIpc) is 2.51. The van der Waals surface area contributed by atoms with Crippen LogP contribution < -0.4 is 10.6 Å². The zero-order valence-corrected chi connectivity index (χ0v) is 13.1. The van der Waals surface area contributed by atoms with Crippen LogP contribution in [0.15, 0.2) is 30.3 Å². The van der Waals surface area contributed by atoms with Crippen LogP contribution in [0.25, 0.3) is 0 Å². The molecule has 0 heterocycles. The first kappa shape index (κ1) is 17.2. The molecule has 0 saturated carbocycles. The molecule has 0 bridgehead atoms. The van der Waals surface area contributed by atoms with Gasteiger partial charge in [0.25, 0.3) is 0 Å². The van der Waals surface area contributed by atoms with Gasteiger partial charge in [0.1, 0.15) is 0 Å². The Bertz CT molecular complexity index is 448. The van der Waals surface area contributed by atoms with Crippen molar-refractivity contribution in [3.05, 3.63) is 35.9 Å². The summed E-state index contributed by atoms with van der Waals surface area (Å²) in [5.74, 6) is -0.313. The summed E-state index contributed by atoms with van der Waals surface area (Å²) in [6.45, 7) is 5.60. The van der Waals surface area contributed by atoms with Gasteiger partial charge in [-0.25, -0.2) is 0 Å². The van der Waals surface area contributed by atoms with E-state index in [-0.39, 0.29) is 24.3 Å². The van der Waals surface area contributed by atoms with E-state index in [1.807, 2.05) is 44.2 Å². The number of likely N-dealkylation sites (N-methyl/N-ethyl adjacent to an activating group) is 1. The van der Waals surface area contributed by atoms with Crippen molar-refractivity contribution in [2.75, 3.05) is 26.7 Å². The molecule has 1 atom stereocenters. The fourth-order valence-electron chi connectivity index (χ4n) is 2.03. The quantitative estimate of drug-likeness (QED) is 0.751. The Balaban J connectivity index is 2.46. The molecule has 1 unspecified atom stereocenters. The largest absolute Gasteiger partial charge is 0.347 e. The molecule has 5 heteroatoms. The highest BCUT2D eigenvalue weighted by Crippen LogP contribution is 2.04. The summed E-state index contributed by atoms with van der Waals surface area (Å²) in [7, 11) is 1.80. The molecular weight excluding hydrogens is 266 g/mol. The Hall–Kier alpha value is -1.88. The van der Waals surface area contributed by atoms with Crippen LogP contribution in [0.3, 0.4) is 0 Å². The smallest absolute Gasteiger partial charge is 0.242 e. The Kier molecular flexibility index (Phi) is 7.46. The van der Waals surface area contributed by atoms with E-state index in [1.54, 1.807) is 11.9 Å². The number of amides is 2. The first-order valence-electron chi connectivity index (χ1n) is 7.32. The summed E-state index contributed by atoms with van der Waals surface area (Å²) in [4.78, 5) is 25.7. The molecular formula is C16H25N3O2. The van der Waals surface area contributed by atoms with Gasteiger partial charge in [-0.05, 0) is 19.5 Å². The zero-order valence-electron chi connectivity index (χ0n) is 13.1. The minimum atomic E-state index is -0.146. The van der Waals surface area contributed by atoms with E-state index in [0.29, 0.717) is 19.6 Å². The summed E-state index contributed by atoms with van der Waals surface area (Å²) < 4.78 is 0. The van der Waals surface area contributed by atoms with Gasteiger partial charge in [0, 0.05) is 25.6 Å². The highest BCUT2D eigenvalue weighted by molar-refractivity contribution is 5.85. The van der Waals surface area contributed by atoms with E-state index >= 15 is 0 Å². The molecule has 1 rings (SSSR count). The van der Waals surface area contributed by atoms with Gasteiger partial charge in [-0.15, -0.1) is 0 Å². The highest BCUT2D eigenvalue weighted by Gasteiger charge is 2.16. The molecule has 0 aliphatic heterocycles. The molecule has 0 fully saturated rings. The van der Waals surface area contributed by atoms with Crippen molar-refractivity contribution >= 4 is 11.8 Å². The minimum absolute atomic E-state index is 0.0492.